The lowest BCUT2D eigenvalue weighted by Crippen LogP contribution is -2.16. The van der Waals surface area contributed by atoms with Gasteiger partial charge in [0.25, 0.3) is 5.56 Å². The number of aryl methyl sites for hydroxylation is 1. The highest BCUT2D eigenvalue weighted by Crippen LogP contribution is 2.20. The Morgan fingerprint density at radius 1 is 1.35 bits per heavy atom. The summed E-state index contributed by atoms with van der Waals surface area (Å²) >= 11 is 0. The second kappa shape index (κ2) is 6.34. The van der Waals surface area contributed by atoms with Gasteiger partial charge in [-0.15, -0.1) is 0 Å². The largest absolute Gasteiger partial charge is 0.493 e. The van der Waals surface area contributed by atoms with Crippen LogP contribution in [0.5, 0.6) is 5.75 Å². The van der Waals surface area contributed by atoms with Crippen molar-refractivity contribution in [3.63, 3.8) is 0 Å². The average Bonchev–Trinajstić information content (AvgIpc) is 2.43. The lowest BCUT2D eigenvalue weighted by Gasteiger charge is -2.10. The Morgan fingerprint density at radius 3 is 2.90 bits per heavy atom. The lowest BCUT2D eigenvalue weighted by atomic mass is 10.1. The fourth-order valence-electron chi connectivity index (χ4n) is 1.92. The fraction of sp³-hybridized carbons (Fsp3) is 0.333. The van der Waals surface area contributed by atoms with Crippen molar-refractivity contribution < 1.29 is 4.74 Å². The number of ether oxygens (including phenoxy) is 1. The van der Waals surface area contributed by atoms with E-state index in [0.717, 1.165) is 11.3 Å². The highest BCUT2D eigenvalue weighted by Gasteiger charge is 2.04. The molecule has 2 rings (SSSR count). The van der Waals surface area contributed by atoms with Crippen molar-refractivity contribution in [3.05, 3.63) is 57.3 Å². The Labute approximate surface area is 117 Å². The molecule has 1 heterocycles. The molecule has 20 heavy (non-hydrogen) atoms. The predicted molar refractivity (Wildman–Crippen MR) is 77.9 cm³/mol. The smallest absolute Gasteiger partial charge is 0.251 e. The number of nitrogens with one attached hydrogen (secondary N) is 1. The monoisotopic (exact) mass is 273 g/mol. The molecular weight excluding hydrogens is 254 g/mol. The van der Waals surface area contributed by atoms with E-state index in [9.17, 15) is 4.79 Å². The number of H-pyrrole nitrogens is 1. The number of aromatic nitrogens is 2. The molecule has 0 saturated carbocycles. The Hall–Kier alpha value is -2.14. The van der Waals surface area contributed by atoms with Crippen LogP contribution in [0.4, 0.5) is 0 Å². The summed E-state index contributed by atoms with van der Waals surface area (Å²) in [4.78, 5) is 18.4. The Kier molecular flexibility index (Phi) is 4.53. The van der Waals surface area contributed by atoms with Crippen molar-refractivity contribution in [3.8, 4) is 5.75 Å². The molecule has 1 aromatic carbocycles. The summed E-state index contributed by atoms with van der Waals surface area (Å²) in [7, 11) is 0. The number of aromatic amines is 1. The quantitative estimate of drug-likeness (QED) is 0.864. The van der Waals surface area contributed by atoms with E-state index >= 15 is 0 Å². The zero-order valence-corrected chi connectivity index (χ0v) is 11.8. The fourth-order valence-corrected chi connectivity index (χ4v) is 1.92. The van der Waals surface area contributed by atoms with Gasteiger partial charge in [-0.1, -0.05) is 12.1 Å². The summed E-state index contributed by atoms with van der Waals surface area (Å²) in [6, 6.07) is 7.36. The van der Waals surface area contributed by atoms with Crippen molar-refractivity contribution in [1.82, 2.24) is 9.97 Å². The molecule has 0 spiro atoms. The summed E-state index contributed by atoms with van der Waals surface area (Å²) in [6.07, 6.45) is 0.538. The van der Waals surface area contributed by atoms with E-state index in [1.807, 2.05) is 32.0 Å². The Bertz CT molecular complexity index is 650. The van der Waals surface area contributed by atoms with Gasteiger partial charge in [-0.05, 0) is 31.0 Å². The van der Waals surface area contributed by atoms with Crippen LogP contribution in [0.15, 0.2) is 29.1 Å². The predicted octanol–water partition coefficient (Wildman–Crippen LogP) is 1.47. The Balaban J connectivity index is 2.01. The SMILES string of the molecule is Cc1cccc(OCCc2nc(CN)cc(=O)[nH]2)c1C. The number of rotatable bonds is 5. The van der Waals surface area contributed by atoms with Crippen LogP contribution in [-0.4, -0.2) is 16.6 Å². The maximum atomic E-state index is 11.4. The van der Waals surface area contributed by atoms with Crippen LogP contribution >= 0.6 is 0 Å². The minimum absolute atomic E-state index is 0.179. The van der Waals surface area contributed by atoms with Crippen LogP contribution < -0.4 is 16.0 Å². The van der Waals surface area contributed by atoms with Gasteiger partial charge >= 0.3 is 0 Å². The summed E-state index contributed by atoms with van der Waals surface area (Å²) in [5.74, 6) is 1.46. The molecule has 0 atom stereocenters. The lowest BCUT2D eigenvalue weighted by molar-refractivity contribution is 0.316. The highest BCUT2D eigenvalue weighted by molar-refractivity contribution is 5.38. The summed E-state index contributed by atoms with van der Waals surface area (Å²) in [5, 5.41) is 0. The zero-order valence-electron chi connectivity index (χ0n) is 11.8. The first-order valence-electron chi connectivity index (χ1n) is 6.58. The second-order valence-corrected chi connectivity index (χ2v) is 4.68. The number of hydrogen-bond donors (Lipinski definition) is 2. The van der Waals surface area contributed by atoms with Gasteiger partial charge in [-0.3, -0.25) is 4.79 Å². The van der Waals surface area contributed by atoms with Gasteiger partial charge in [0, 0.05) is 19.0 Å². The number of nitrogens with two attached hydrogens (primary N) is 1. The molecule has 0 aliphatic rings. The highest BCUT2D eigenvalue weighted by atomic mass is 16.5. The second-order valence-electron chi connectivity index (χ2n) is 4.68. The van der Waals surface area contributed by atoms with Crippen molar-refractivity contribution in [1.29, 1.82) is 0 Å². The van der Waals surface area contributed by atoms with Crippen molar-refractivity contribution in [2.45, 2.75) is 26.8 Å². The van der Waals surface area contributed by atoms with E-state index in [4.69, 9.17) is 10.5 Å². The number of hydrogen-bond acceptors (Lipinski definition) is 4. The molecular formula is C15H19N3O2. The molecule has 0 bridgehead atoms. The van der Waals surface area contributed by atoms with Gasteiger partial charge in [-0.2, -0.15) is 0 Å². The number of benzene rings is 1. The third-order valence-electron chi connectivity index (χ3n) is 3.20. The molecule has 5 nitrogen and oxygen atoms in total. The van der Waals surface area contributed by atoms with Crippen LogP contribution in [0.25, 0.3) is 0 Å². The molecule has 0 amide bonds. The third-order valence-corrected chi connectivity index (χ3v) is 3.20. The summed E-state index contributed by atoms with van der Waals surface area (Å²) < 4.78 is 5.74. The minimum atomic E-state index is -0.179. The van der Waals surface area contributed by atoms with Crippen LogP contribution in [0.3, 0.4) is 0 Å². The number of nitrogens with zero attached hydrogens (tertiary/aromatic N) is 1. The molecule has 0 fully saturated rings. The molecule has 1 aromatic heterocycles. The first-order valence-corrected chi connectivity index (χ1v) is 6.58. The van der Waals surface area contributed by atoms with E-state index in [1.54, 1.807) is 0 Å². The van der Waals surface area contributed by atoms with Gasteiger partial charge in [0.15, 0.2) is 0 Å². The third kappa shape index (κ3) is 3.45. The van der Waals surface area contributed by atoms with Crippen LogP contribution in [0.1, 0.15) is 22.6 Å². The Morgan fingerprint density at radius 2 is 2.15 bits per heavy atom. The topological polar surface area (TPSA) is 81.0 Å². The molecule has 0 saturated heterocycles. The molecule has 106 valence electrons. The van der Waals surface area contributed by atoms with Gasteiger partial charge < -0.3 is 15.5 Å². The van der Waals surface area contributed by atoms with Crippen LogP contribution in [0, 0.1) is 13.8 Å². The van der Waals surface area contributed by atoms with Crippen LogP contribution in [0.2, 0.25) is 0 Å². The van der Waals surface area contributed by atoms with E-state index in [-0.39, 0.29) is 12.1 Å². The van der Waals surface area contributed by atoms with Crippen molar-refractivity contribution >= 4 is 0 Å². The van der Waals surface area contributed by atoms with Gasteiger partial charge in [0.2, 0.25) is 0 Å². The maximum absolute atomic E-state index is 11.4. The molecule has 0 aliphatic heterocycles. The summed E-state index contributed by atoms with van der Waals surface area (Å²) in [6.45, 7) is 4.79. The van der Waals surface area contributed by atoms with E-state index < -0.39 is 0 Å². The first-order chi connectivity index (χ1) is 9.60. The maximum Gasteiger partial charge on any atom is 0.251 e. The average molecular weight is 273 g/mol. The van der Waals surface area contributed by atoms with Crippen molar-refractivity contribution in [2.24, 2.45) is 5.73 Å². The molecule has 3 N–H and O–H groups in total. The minimum Gasteiger partial charge on any atom is -0.493 e. The van der Waals surface area contributed by atoms with Gasteiger partial charge in [-0.25, -0.2) is 4.98 Å². The van der Waals surface area contributed by atoms with E-state index in [2.05, 4.69) is 9.97 Å². The molecule has 2 aromatic rings. The summed E-state index contributed by atoms with van der Waals surface area (Å²) in [5.41, 5.74) is 8.23. The standard InChI is InChI=1S/C15H19N3O2/c1-10-4-3-5-13(11(10)2)20-7-6-14-17-12(9-16)8-15(19)18-14/h3-5,8H,6-7,9,16H2,1-2H3,(H,17,18,19). The first kappa shape index (κ1) is 14.3. The van der Waals surface area contributed by atoms with Crippen molar-refractivity contribution in [2.75, 3.05) is 6.61 Å². The van der Waals surface area contributed by atoms with E-state index in [1.165, 1.54) is 11.6 Å². The van der Waals surface area contributed by atoms with Gasteiger partial charge in [0.05, 0.1) is 12.3 Å². The molecule has 0 unspecified atom stereocenters. The normalized spacial score (nSPS) is 10.6. The molecule has 0 aliphatic carbocycles. The van der Waals surface area contributed by atoms with Crippen LogP contribution in [-0.2, 0) is 13.0 Å². The van der Waals surface area contributed by atoms with Gasteiger partial charge in [0.1, 0.15) is 11.6 Å². The van der Waals surface area contributed by atoms with E-state index in [0.29, 0.717) is 24.5 Å². The molecule has 5 heteroatoms. The molecule has 0 radical (unpaired) electrons. The zero-order chi connectivity index (χ0) is 14.5.